The Hall–Kier alpha value is -0.280. The van der Waals surface area contributed by atoms with Gasteiger partial charge < -0.3 is 41.0 Å². The summed E-state index contributed by atoms with van der Waals surface area (Å²) in [6, 6.07) is 0.333. The van der Waals surface area contributed by atoms with E-state index in [2.05, 4.69) is 27.7 Å². The Morgan fingerprint density at radius 2 is 0.351 bits per heavy atom. The first-order valence-corrected chi connectivity index (χ1v) is 14.8. The summed E-state index contributed by atoms with van der Waals surface area (Å²) in [7, 11) is 0. The van der Waals surface area contributed by atoms with Gasteiger partial charge in [0, 0.05) is 12.3 Å². The second-order valence-corrected chi connectivity index (χ2v) is 4.38. The molecule has 0 saturated heterocycles. The van der Waals surface area contributed by atoms with Crippen LogP contribution in [0.15, 0.2) is 0 Å². The minimum atomic E-state index is -0.167. The van der Waals surface area contributed by atoms with E-state index in [0.717, 1.165) is 0 Å². The van der Waals surface area contributed by atoms with Crippen molar-refractivity contribution < 1.29 is 0 Å². The van der Waals surface area contributed by atoms with Crippen LogP contribution in [0.1, 0.15) is 186 Å². The molecule has 0 aliphatic heterocycles. The van der Waals surface area contributed by atoms with E-state index in [9.17, 15) is 0 Å². The van der Waals surface area contributed by atoms with Gasteiger partial charge in [-0.05, 0) is 19.9 Å². The van der Waals surface area contributed by atoms with Crippen molar-refractivity contribution in [2.75, 3.05) is 0 Å². The fourth-order valence-electron chi connectivity index (χ4n) is 0. The number of hydrogen-bond acceptors (Lipinski definition) is 7. The van der Waals surface area contributed by atoms with Gasteiger partial charge in [-0.25, -0.2) is 0 Å². The topological polar surface area (TPSA) is 200 Å². The van der Waals surface area contributed by atoms with Crippen molar-refractivity contribution in [2.45, 2.75) is 205 Å². The molecule has 0 aliphatic carbocycles. The average Bonchev–Trinajstić information content (AvgIpc) is 2.84. The Balaban J connectivity index is -0.00000000928. The van der Waals surface area contributed by atoms with Gasteiger partial charge in [0.25, 0.3) is 0 Å². The lowest BCUT2D eigenvalue weighted by molar-refractivity contribution is 0.790. The average molecular weight is 558 g/mol. The fraction of sp³-hybridized carbons (Fsp3) is 1.00. The Labute approximate surface area is 245 Å². The third-order valence-electron chi connectivity index (χ3n) is 0. The molecule has 0 aliphatic rings. The molecule has 0 heterocycles. The highest BCUT2D eigenvalue weighted by Crippen LogP contribution is 1.58. The lowest BCUT2D eigenvalue weighted by Gasteiger charge is -1.83. The van der Waals surface area contributed by atoms with Gasteiger partial charge >= 0.3 is 0 Å². The molecular weight excluding hydrogens is 458 g/mol. The largest absolute Gasteiger partial charge is 0.344 e. The maximum absolute atomic E-state index is 5.11. The van der Waals surface area contributed by atoms with E-state index < -0.39 is 0 Å². The van der Waals surface area contributed by atoms with Crippen LogP contribution < -0.4 is 41.0 Å². The van der Waals surface area contributed by atoms with Crippen molar-refractivity contribution >= 4 is 0 Å². The lowest BCUT2D eigenvalue weighted by atomic mass is 10.5. The minimum Gasteiger partial charge on any atom is -0.344 e. The minimum absolute atomic E-state index is 0. The Morgan fingerprint density at radius 1 is 0.351 bits per heavy atom. The smallest absolute Gasteiger partial charge is 0.0491 e. The number of hydrogen-bond donors (Lipinski definition) is 7. The summed E-state index contributed by atoms with van der Waals surface area (Å²) in [5, 5.41) is 0. The molecule has 0 rings (SSSR count). The van der Waals surface area contributed by atoms with Crippen LogP contribution >= 0.6 is 0 Å². The molecule has 254 valence electrons. The molecule has 0 aromatic heterocycles. The second kappa shape index (κ2) is 375. The molecule has 37 heavy (non-hydrogen) atoms. The van der Waals surface area contributed by atoms with E-state index in [0.29, 0.717) is 6.04 Å². The third kappa shape index (κ3) is 518000. The van der Waals surface area contributed by atoms with Crippen LogP contribution in [0.5, 0.6) is 0 Å². The molecule has 0 spiro atoms. The predicted octanol–water partition coefficient (Wildman–Crippen LogP) is 10.9. The lowest BCUT2D eigenvalue weighted by Crippen LogP contribution is -2.25. The summed E-state index contributed by atoms with van der Waals surface area (Å²) >= 11 is 0. The summed E-state index contributed by atoms with van der Waals surface area (Å²) in [6.07, 6.45) is 2.17. The van der Waals surface area contributed by atoms with Crippen LogP contribution in [0.4, 0.5) is 0 Å². The van der Waals surface area contributed by atoms with Crippen molar-refractivity contribution in [1.82, 2.24) is 12.3 Å². The summed E-state index contributed by atoms with van der Waals surface area (Å²) in [6.45, 7) is 47.8. The first kappa shape index (κ1) is 109. The van der Waals surface area contributed by atoms with Gasteiger partial charge in [-0.15, -0.1) is 0 Å². The molecule has 0 aromatic rings. The molecule has 0 radical (unpaired) electrons. The van der Waals surface area contributed by atoms with Crippen molar-refractivity contribution in [3.8, 4) is 0 Å². The monoisotopic (exact) mass is 558 g/mol. The Morgan fingerprint density at radius 3 is 0.351 bits per heavy atom. The molecular formula is C30H99N7. The van der Waals surface area contributed by atoms with Gasteiger partial charge in [-0.1, -0.05) is 173 Å². The summed E-state index contributed by atoms with van der Waals surface area (Å²) in [4.78, 5) is 0. The normalized spacial score (nSPS) is 5.19. The molecule has 0 aromatic carbocycles. The van der Waals surface area contributed by atoms with Crippen molar-refractivity contribution in [1.29, 1.82) is 0 Å². The van der Waals surface area contributed by atoms with Crippen LogP contribution in [0.3, 0.4) is 0 Å². The first-order valence-electron chi connectivity index (χ1n) is 14.8. The van der Waals surface area contributed by atoms with E-state index >= 15 is 0 Å². The Bertz CT molecular complexity index is 71.5. The van der Waals surface area contributed by atoms with Gasteiger partial charge in [0.2, 0.25) is 0 Å². The molecule has 16 N–H and O–H groups in total. The van der Waals surface area contributed by atoms with Gasteiger partial charge in [0.15, 0.2) is 0 Å². The number of rotatable bonds is 0. The number of nitrogens with two attached hydrogens (primary N) is 5. The third-order valence-corrected chi connectivity index (χ3v) is 0. The Kier molecular flexibility index (Phi) is 1110. The van der Waals surface area contributed by atoms with Gasteiger partial charge in [-0.3, -0.25) is 0 Å². The zero-order valence-corrected chi connectivity index (χ0v) is 31.4. The predicted molar refractivity (Wildman–Crippen MR) is 194 cm³/mol. The standard InChI is InChI=1S/C3H9N.2C3H8.2C2H8N2.8C2H6.CH4.2H3N/c1-3(2)4;2*1-3-2;2*1-2(3)4;8*1-2;;;/h3H,4H2,1-2H3;2*3H2,1-2H3;2*2H,3-4H2,1H3;8*1-2H3;1H4;2*1H3. The van der Waals surface area contributed by atoms with Gasteiger partial charge in [0.1, 0.15) is 0 Å². The maximum atomic E-state index is 5.11. The molecule has 0 saturated carbocycles. The first-order chi connectivity index (χ1) is 16.0. The van der Waals surface area contributed by atoms with Crippen LogP contribution in [0, 0.1) is 0 Å². The summed E-state index contributed by atoms with van der Waals surface area (Å²) in [5.41, 5.74) is 24.7. The van der Waals surface area contributed by atoms with Gasteiger partial charge in [0.05, 0.1) is 0 Å². The van der Waals surface area contributed by atoms with E-state index in [4.69, 9.17) is 28.7 Å². The zero-order chi connectivity index (χ0) is 32.1. The van der Waals surface area contributed by atoms with E-state index in [1.165, 1.54) is 12.8 Å². The highest BCUT2D eigenvalue weighted by atomic mass is 14.8. The molecule has 0 unspecified atom stereocenters. The van der Waals surface area contributed by atoms with Crippen LogP contribution in [0.2, 0.25) is 0 Å². The molecule has 0 atom stereocenters. The summed E-state index contributed by atoms with van der Waals surface area (Å²) < 4.78 is 0. The van der Waals surface area contributed by atoms with Crippen molar-refractivity contribution in [3.63, 3.8) is 0 Å². The van der Waals surface area contributed by atoms with Crippen molar-refractivity contribution in [2.24, 2.45) is 28.7 Å². The van der Waals surface area contributed by atoms with E-state index in [-0.39, 0.29) is 32.1 Å². The summed E-state index contributed by atoms with van der Waals surface area (Å²) in [5.74, 6) is 0. The van der Waals surface area contributed by atoms with Gasteiger partial charge in [-0.2, -0.15) is 0 Å². The fourth-order valence-corrected chi connectivity index (χ4v) is 0. The quantitative estimate of drug-likeness (QED) is 0.143. The maximum Gasteiger partial charge on any atom is 0.0491 e. The van der Waals surface area contributed by atoms with Crippen LogP contribution in [-0.2, 0) is 0 Å². The van der Waals surface area contributed by atoms with E-state index in [1.54, 1.807) is 13.8 Å². The molecule has 0 bridgehead atoms. The highest BCUT2D eigenvalue weighted by Gasteiger charge is 1.67. The molecule has 0 fully saturated rings. The highest BCUT2D eigenvalue weighted by molar-refractivity contribution is 4.32. The molecule has 7 heteroatoms. The van der Waals surface area contributed by atoms with Crippen LogP contribution in [0.25, 0.3) is 0 Å². The van der Waals surface area contributed by atoms with E-state index in [1.807, 2.05) is 125 Å². The zero-order valence-electron chi connectivity index (χ0n) is 31.4. The molecule has 7 nitrogen and oxygen atoms in total. The SMILES string of the molecule is C.CC.CC.CC.CC.CC.CC.CC.CC.CC(C)N.CC(N)N.CC(N)N.CCC.CCC.N.N. The van der Waals surface area contributed by atoms with Crippen LogP contribution in [-0.4, -0.2) is 18.4 Å². The molecule has 0 amide bonds. The van der Waals surface area contributed by atoms with Crippen molar-refractivity contribution in [3.05, 3.63) is 0 Å². The second-order valence-electron chi connectivity index (χ2n) is 4.38.